The predicted octanol–water partition coefficient (Wildman–Crippen LogP) is 3.90. The number of benzene rings is 1. The molecule has 13 heavy (non-hydrogen) atoms. The number of hydrogen-bond acceptors (Lipinski definition) is 1. The monoisotopic (exact) mass is 259 g/mol. The van der Waals surface area contributed by atoms with Crippen molar-refractivity contribution < 1.29 is 0 Å². The summed E-state index contributed by atoms with van der Waals surface area (Å²) in [6, 6.07) is 4.16. The van der Waals surface area contributed by atoms with E-state index in [1.165, 1.54) is 11.3 Å². The zero-order valence-electron chi connectivity index (χ0n) is 7.40. The van der Waals surface area contributed by atoms with Gasteiger partial charge in [-0.2, -0.15) is 0 Å². The van der Waals surface area contributed by atoms with Gasteiger partial charge < -0.3 is 5.32 Å². The Labute approximate surface area is 91.6 Å². The first-order valence-electron chi connectivity index (χ1n) is 4.37. The molecule has 1 N–H and O–H groups in total. The normalized spacial score (nSPS) is 20.7. The van der Waals surface area contributed by atoms with Crippen LogP contribution in [-0.2, 0) is 0 Å². The van der Waals surface area contributed by atoms with Crippen LogP contribution in [0.1, 0.15) is 22.4 Å². The third-order valence-electron chi connectivity index (χ3n) is 2.40. The number of anilines is 1. The second-order valence-electron chi connectivity index (χ2n) is 3.34. The number of rotatable bonds is 0. The maximum absolute atomic E-state index is 6.24. The van der Waals surface area contributed by atoms with Gasteiger partial charge in [-0.05, 0) is 25.0 Å². The van der Waals surface area contributed by atoms with Crippen LogP contribution in [0.25, 0.3) is 0 Å². The molecule has 0 spiro atoms. The van der Waals surface area contributed by atoms with Crippen molar-refractivity contribution in [3.05, 3.63) is 28.3 Å². The van der Waals surface area contributed by atoms with Crippen molar-refractivity contribution >= 4 is 33.2 Å². The number of alkyl halides is 1. The van der Waals surface area contributed by atoms with Gasteiger partial charge in [0, 0.05) is 27.6 Å². The Kier molecular flexibility index (Phi) is 2.52. The smallest absolute Gasteiger partial charge is 0.0499 e. The minimum Gasteiger partial charge on any atom is -0.385 e. The highest BCUT2D eigenvalue weighted by molar-refractivity contribution is 9.09. The van der Waals surface area contributed by atoms with Gasteiger partial charge in [0.15, 0.2) is 0 Å². The van der Waals surface area contributed by atoms with Gasteiger partial charge in [-0.3, -0.25) is 0 Å². The van der Waals surface area contributed by atoms with E-state index in [9.17, 15) is 0 Å². The highest BCUT2D eigenvalue weighted by atomic mass is 79.9. The predicted molar refractivity (Wildman–Crippen MR) is 61.0 cm³/mol. The summed E-state index contributed by atoms with van der Waals surface area (Å²) in [4.78, 5) is 0.399. The van der Waals surface area contributed by atoms with Gasteiger partial charge in [0.05, 0.1) is 0 Å². The number of fused-ring (bicyclic) bond motifs is 1. The molecule has 0 aromatic heterocycles. The zero-order valence-corrected chi connectivity index (χ0v) is 9.74. The summed E-state index contributed by atoms with van der Waals surface area (Å²) in [7, 11) is 0. The molecule has 1 aliphatic rings. The van der Waals surface area contributed by atoms with Crippen molar-refractivity contribution in [3.63, 3.8) is 0 Å². The van der Waals surface area contributed by atoms with Gasteiger partial charge in [0.2, 0.25) is 0 Å². The Morgan fingerprint density at radius 1 is 1.54 bits per heavy atom. The van der Waals surface area contributed by atoms with Crippen molar-refractivity contribution in [3.8, 4) is 0 Å². The summed E-state index contributed by atoms with van der Waals surface area (Å²) < 4.78 is 0. The van der Waals surface area contributed by atoms with Crippen LogP contribution in [-0.4, -0.2) is 6.54 Å². The molecule has 0 saturated heterocycles. The molecular weight excluding hydrogens is 249 g/mol. The molecule has 1 atom stereocenters. The number of halogens is 2. The molecule has 0 radical (unpaired) electrons. The fraction of sp³-hybridized carbons (Fsp3) is 0.400. The van der Waals surface area contributed by atoms with E-state index in [0.717, 1.165) is 23.6 Å². The minimum absolute atomic E-state index is 0.399. The molecule has 70 valence electrons. The Morgan fingerprint density at radius 2 is 2.31 bits per heavy atom. The lowest BCUT2D eigenvalue weighted by atomic mass is 10.0. The fourth-order valence-electron chi connectivity index (χ4n) is 1.64. The van der Waals surface area contributed by atoms with Crippen LogP contribution in [0.3, 0.4) is 0 Å². The fourth-order valence-corrected chi connectivity index (χ4v) is 2.77. The van der Waals surface area contributed by atoms with E-state index in [-0.39, 0.29) is 0 Å². The first-order chi connectivity index (χ1) is 6.20. The molecule has 1 nitrogen and oxygen atoms in total. The summed E-state index contributed by atoms with van der Waals surface area (Å²) in [6.45, 7) is 3.05. The second kappa shape index (κ2) is 3.50. The lowest BCUT2D eigenvalue weighted by molar-refractivity contribution is 0.821. The minimum atomic E-state index is 0.399. The zero-order chi connectivity index (χ0) is 9.42. The van der Waals surface area contributed by atoms with Crippen molar-refractivity contribution in [1.82, 2.24) is 0 Å². The van der Waals surface area contributed by atoms with Crippen molar-refractivity contribution in [2.75, 3.05) is 11.9 Å². The number of aryl methyl sites for hydroxylation is 1. The van der Waals surface area contributed by atoms with Crippen LogP contribution in [0.2, 0.25) is 5.02 Å². The average Bonchev–Trinajstić information content (AvgIpc) is 2.12. The Balaban J connectivity index is 2.58. The van der Waals surface area contributed by atoms with Gasteiger partial charge in [0.1, 0.15) is 0 Å². The number of hydrogen-bond donors (Lipinski definition) is 1. The van der Waals surface area contributed by atoms with E-state index in [0.29, 0.717) is 4.83 Å². The van der Waals surface area contributed by atoms with E-state index in [4.69, 9.17) is 11.6 Å². The van der Waals surface area contributed by atoms with Crippen LogP contribution in [0.4, 0.5) is 5.69 Å². The highest BCUT2D eigenvalue weighted by Gasteiger charge is 2.20. The van der Waals surface area contributed by atoms with Crippen molar-refractivity contribution in [2.45, 2.75) is 18.2 Å². The summed E-state index contributed by atoms with van der Waals surface area (Å²) in [6.07, 6.45) is 1.09. The molecule has 1 unspecified atom stereocenters. The summed E-state index contributed by atoms with van der Waals surface area (Å²) >= 11 is 9.88. The highest BCUT2D eigenvalue weighted by Crippen LogP contribution is 2.41. The van der Waals surface area contributed by atoms with Crippen molar-refractivity contribution in [2.24, 2.45) is 0 Å². The molecule has 1 aromatic carbocycles. The number of nitrogens with one attached hydrogen (secondary N) is 1. The molecule has 0 fully saturated rings. The van der Waals surface area contributed by atoms with Crippen LogP contribution < -0.4 is 5.32 Å². The second-order valence-corrected chi connectivity index (χ2v) is 4.82. The molecule has 1 aromatic rings. The quantitative estimate of drug-likeness (QED) is 0.698. The Morgan fingerprint density at radius 3 is 3.08 bits per heavy atom. The van der Waals surface area contributed by atoms with E-state index >= 15 is 0 Å². The first kappa shape index (κ1) is 9.35. The van der Waals surface area contributed by atoms with Crippen LogP contribution in [0.15, 0.2) is 12.1 Å². The summed E-state index contributed by atoms with van der Waals surface area (Å²) in [5, 5.41) is 4.24. The maximum Gasteiger partial charge on any atom is 0.0499 e. The SMILES string of the molecule is Cc1ccc2c(c1Cl)C(Br)CCN2. The van der Waals surface area contributed by atoms with Gasteiger partial charge in [-0.15, -0.1) is 0 Å². The first-order valence-corrected chi connectivity index (χ1v) is 5.66. The molecule has 0 saturated carbocycles. The molecule has 0 amide bonds. The van der Waals surface area contributed by atoms with Crippen LogP contribution in [0.5, 0.6) is 0 Å². The third-order valence-corrected chi connectivity index (χ3v) is 3.82. The standard InChI is InChI=1S/C10H11BrClN/c1-6-2-3-8-9(10(6)12)7(11)4-5-13-8/h2-3,7,13H,4-5H2,1H3. The third kappa shape index (κ3) is 1.57. The summed E-state index contributed by atoms with van der Waals surface area (Å²) in [5.74, 6) is 0. The van der Waals surface area contributed by atoms with E-state index in [1.807, 2.05) is 6.92 Å². The van der Waals surface area contributed by atoms with E-state index < -0.39 is 0 Å². The van der Waals surface area contributed by atoms with Crippen LogP contribution in [0, 0.1) is 6.92 Å². The molecule has 3 heteroatoms. The van der Waals surface area contributed by atoms with Gasteiger partial charge in [-0.1, -0.05) is 33.6 Å². The van der Waals surface area contributed by atoms with Crippen LogP contribution >= 0.6 is 27.5 Å². The lowest BCUT2D eigenvalue weighted by Crippen LogP contribution is -2.14. The van der Waals surface area contributed by atoms with Gasteiger partial charge in [0.25, 0.3) is 0 Å². The van der Waals surface area contributed by atoms with Gasteiger partial charge in [-0.25, -0.2) is 0 Å². The molecule has 1 heterocycles. The van der Waals surface area contributed by atoms with E-state index in [2.05, 4.69) is 33.4 Å². The summed E-state index contributed by atoms with van der Waals surface area (Å²) in [5.41, 5.74) is 3.53. The lowest BCUT2D eigenvalue weighted by Gasteiger charge is -2.24. The van der Waals surface area contributed by atoms with E-state index in [1.54, 1.807) is 0 Å². The molecule has 1 aliphatic heterocycles. The largest absolute Gasteiger partial charge is 0.385 e. The molecule has 0 bridgehead atoms. The molecule has 2 rings (SSSR count). The average molecular weight is 261 g/mol. The van der Waals surface area contributed by atoms with Crippen molar-refractivity contribution in [1.29, 1.82) is 0 Å². The molecular formula is C10H11BrClN. The Hall–Kier alpha value is -0.210. The van der Waals surface area contributed by atoms with Gasteiger partial charge >= 0.3 is 0 Å². The maximum atomic E-state index is 6.24. The molecule has 0 aliphatic carbocycles. The topological polar surface area (TPSA) is 12.0 Å². The Bertz CT molecular complexity index is 338.